The van der Waals surface area contributed by atoms with Crippen molar-refractivity contribution in [3.8, 4) is 11.8 Å². The van der Waals surface area contributed by atoms with Crippen LogP contribution in [0.15, 0.2) is 16.6 Å². The Morgan fingerprint density at radius 3 is 2.62 bits per heavy atom. The minimum atomic E-state index is -3.86. The first kappa shape index (κ1) is 21.3. The highest BCUT2D eigenvalue weighted by atomic mass is 79.9. The monoisotopic (exact) mass is 484 g/mol. The van der Waals surface area contributed by atoms with Crippen LogP contribution in [0.3, 0.4) is 0 Å². The molecule has 2 rings (SSSR count). The van der Waals surface area contributed by atoms with Crippen LogP contribution in [-0.2, 0) is 16.6 Å². The number of fused-ring (bicyclic) bond motifs is 1. The molecule has 0 saturated carbocycles. The number of amides is 1. The van der Waals surface area contributed by atoms with Gasteiger partial charge in [-0.2, -0.15) is 8.78 Å². The molecular formula is C14H12BrF2N2O4PS2. The summed E-state index contributed by atoms with van der Waals surface area (Å²) >= 11 is 3.67. The van der Waals surface area contributed by atoms with Gasteiger partial charge >= 0.3 is 5.66 Å². The van der Waals surface area contributed by atoms with E-state index >= 15 is 0 Å². The normalized spacial score (nSPS) is 12.9. The highest BCUT2D eigenvalue weighted by Crippen LogP contribution is 2.58. The van der Waals surface area contributed by atoms with Gasteiger partial charge in [0, 0.05) is 33.2 Å². The molecular weight excluding hydrogens is 473 g/mol. The van der Waals surface area contributed by atoms with Crippen molar-refractivity contribution in [3.05, 3.63) is 32.6 Å². The summed E-state index contributed by atoms with van der Waals surface area (Å²) in [5.74, 6) is 4.83. The fourth-order valence-corrected chi connectivity index (χ4v) is 5.08. The molecule has 0 saturated heterocycles. The lowest BCUT2D eigenvalue weighted by Crippen LogP contribution is -2.11. The third-order valence-corrected chi connectivity index (χ3v) is 7.07. The second-order valence-corrected chi connectivity index (χ2v) is 9.10. The average molecular weight is 485 g/mol. The second kappa shape index (κ2) is 8.35. The van der Waals surface area contributed by atoms with Crippen LogP contribution >= 0.6 is 35.6 Å². The number of carbonyl (C=O) groups is 1. The van der Waals surface area contributed by atoms with Gasteiger partial charge < -0.3 is 15.5 Å². The van der Waals surface area contributed by atoms with Crippen molar-refractivity contribution in [1.82, 2.24) is 0 Å². The maximum Gasteiger partial charge on any atom is 0.349 e. The zero-order valence-corrected chi connectivity index (χ0v) is 16.9. The third-order valence-electron chi connectivity index (χ3n) is 3.19. The largest absolute Gasteiger partial charge is 0.366 e. The van der Waals surface area contributed by atoms with Gasteiger partial charge in [0.05, 0.1) is 20.6 Å². The Balaban J connectivity index is 2.67. The Morgan fingerprint density at radius 2 is 2.08 bits per heavy atom. The highest BCUT2D eigenvalue weighted by molar-refractivity contribution is 9.10. The number of halogens is 3. The van der Waals surface area contributed by atoms with Gasteiger partial charge in [-0.3, -0.25) is 9.93 Å². The summed E-state index contributed by atoms with van der Waals surface area (Å²) in [5, 5.41) is 5.39. The van der Waals surface area contributed by atoms with Crippen molar-refractivity contribution >= 4 is 62.6 Å². The van der Waals surface area contributed by atoms with Gasteiger partial charge in [0.15, 0.2) is 0 Å². The smallest absolute Gasteiger partial charge is 0.349 e. The first-order valence-corrected chi connectivity index (χ1v) is 11.0. The van der Waals surface area contributed by atoms with Crippen molar-refractivity contribution in [2.45, 2.75) is 12.1 Å². The summed E-state index contributed by atoms with van der Waals surface area (Å²) < 4.78 is 39.3. The van der Waals surface area contributed by atoms with Gasteiger partial charge in [0.25, 0.3) is 0 Å². The van der Waals surface area contributed by atoms with Crippen LogP contribution in [0.1, 0.15) is 27.2 Å². The SMILES string of the molecule is NC(=O)c1cc(C#CCCS(N)=O)c2sc(C(F)(F)P(O)O)c(Br)c2c1. The van der Waals surface area contributed by atoms with E-state index in [4.69, 9.17) is 20.7 Å². The van der Waals surface area contributed by atoms with Gasteiger partial charge in [0.1, 0.15) is 0 Å². The Labute approximate surface area is 163 Å². The Hall–Kier alpha value is -0.990. The van der Waals surface area contributed by atoms with E-state index in [0.29, 0.717) is 16.0 Å². The Bertz CT molecular complexity index is 956. The molecule has 0 fully saturated rings. The number of primary amides is 1. The Morgan fingerprint density at radius 1 is 1.42 bits per heavy atom. The lowest BCUT2D eigenvalue weighted by atomic mass is 10.1. The number of carbonyl (C=O) groups excluding carboxylic acids is 1. The number of rotatable bonds is 5. The molecule has 1 unspecified atom stereocenters. The van der Waals surface area contributed by atoms with E-state index in [2.05, 4.69) is 27.8 Å². The van der Waals surface area contributed by atoms with Crippen LogP contribution in [-0.4, -0.2) is 25.7 Å². The topological polar surface area (TPSA) is 127 Å². The minimum absolute atomic E-state index is 0.0627. The zero-order chi connectivity index (χ0) is 19.6. The van der Waals surface area contributed by atoms with E-state index in [1.165, 1.54) is 12.1 Å². The first-order valence-electron chi connectivity index (χ1n) is 6.79. The van der Waals surface area contributed by atoms with Gasteiger partial charge in [-0.05, 0) is 28.1 Å². The fourth-order valence-electron chi connectivity index (χ4n) is 2.00. The van der Waals surface area contributed by atoms with E-state index < -0.39 is 35.8 Å². The van der Waals surface area contributed by atoms with E-state index in [-0.39, 0.29) is 33.2 Å². The average Bonchev–Trinajstić information content (AvgIpc) is 2.89. The van der Waals surface area contributed by atoms with Crippen molar-refractivity contribution in [1.29, 1.82) is 0 Å². The summed E-state index contributed by atoms with van der Waals surface area (Å²) in [6, 6.07) is 2.69. The van der Waals surface area contributed by atoms with E-state index in [0.717, 1.165) is 0 Å². The van der Waals surface area contributed by atoms with E-state index in [1.807, 2.05) is 0 Å². The molecule has 0 spiro atoms. The molecule has 0 aliphatic carbocycles. The minimum Gasteiger partial charge on any atom is -0.366 e. The molecule has 6 N–H and O–H groups in total. The van der Waals surface area contributed by atoms with Crippen LogP contribution in [0.4, 0.5) is 8.78 Å². The molecule has 0 radical (unpaired) electrons. The van der Waals surface area contributed by atoms with Gasteiger partial charge in [0.2, 0.25) is 14.3 Å². The molecule has 1 aromatic carbocycles. The van der Waals surface area contributed by atoms with E-state index in [1.54, 1.807) is 0 Å². The molecule has 0 aliphatic rings. The summed E-state index contributed by atoms with van der Waals surface area (Å²) in [6.45, 7) is 0. The predicted octanol–water partition coefficient (Wildman–Crippen LogP) is 2.47. The summed E-state index contributed by atoms with van der Waals surface area (Å²) in [6.07, 6.45) is 0.208. The predicted molar refractivity (Wildman–Crippen MR) is 102 cm³/mol. The van der Waals surface area contributed by atoms with E-state index in [9.17, 15) is 17.8 Å². The van der Waals surface area contributed by atoms with Gasteiger partial charge in [-0.25, -0.2) is 4.21 Å². The molecule has 26 heavy (non-hydrogen) atoms. The molecule has 0 aliphatic heterocycles. The molecule has 0 bridgehead atoms. The molecule has 140 valence electrons. The van der Waals surface area contributed by atoms with Gasteiger partial charge in [-0.1, -0.05) is 11.8 Å². The van der Waals surface area contributed by atoms with Crippen molar-refractivity contribution in [2.75, 3.05) is 5.75 Å². The lowest BCUT2D eigenvalue weighted by Gasteiger charge is -2.15. The lowest BCUT2D eigenvalue weighted by molar-refractivity contribution is 0.0766. The number of hydrogen-bond donors (Lipinski definition) is 4. The highest BCUT2D eigenvalue weighted by Gasteiger charge is 2.44. The van der Waals surface area contributed by atoms with Crippen LogP contribution in [0.25, 0.3) is 10.1 Å². The molecule has 1 aromatic heterocycles. The number of nitrogens with two attached hydrogens (primary N) is 2. The molecule has 2 aromatic rings. The summed E-state index contributed by atoms with van der Waals surface area (Å²) in [7, 11) is -5.07. The molecule has 1 heterocycles. The number of benzene rings is 1. The second-order valence-electron chi connectivity index (χ2n) is 4.98. The van der Waals surface area contributed by atoms with Crippen molar-refractivity contribution < 1.29 is 27.6 Å². The maximum absolute atomic E-state index is 14.1. The molecule has 1 amide bonds. The summed E-state index contributed by atoms with van der Waals surface area (Å²) in [5.41, 5.74) is 1.76. The van der Waals surface area contributed by atoms with Crippen molar-refractivity contribution in [3.63, 3.8) is 0 Å². The molecule has 6 nitrogen and oxygen atoms in total. The van der Waals surface area contributed by atoms with Crippen LogP contribution < -0.4 is 10.9 Å². The standard InChI is InChI=1S/C14H12BrF2N2O4PS2/c15-10-9-6-8(13(18)20)5-7(3-1-2-4-26(19)23)11(9)25-12(10)14(16,17)24(21)22/h5-6,21-22H,2,4,19H2,(H2,18,20). The third kappa shape index (κ3) is 4.46. The fraction of sp³-hybridized carbons (Fsp3) is 0.214. The Kier molecular flexibility index (Phi) is 6.85. The quantitative estimate of drug-likeness (QED) is 0.384. The number of hydrogen-bond acceptors (Lipinski definition) is 5. The maximum atomic E-state index is 14.1. The molecule has 1 atom stereocenters. The van der Waals surface area contributed by atoms with Crippen LogP contribution in [0, 0.1) is 11.8 Å². The zero-order valence-electron chi connectivity index (χ0n) is 12.8. The number of thiophene rings is 1. The summed E-state index contributed by atoms with van der Waals surface area (Å²) in [4.78, 5) is 29.0. The first-order chi connectivity index (χ1) is 12.1. The van der Waals surface area contributed by atoms with Crippen LogP contribution in [0.5, 0.6) is 0 Å². The molecule has 12 heteroatoms. The van der Waals surface area contributed by atoms with Crippen molar-refractivity contribution in [2.24, 2.45) is 10.9 Å². The number of alkyl halides is 2. The van der Waals surface area contributed by atoms with Gasteiger partial charge in [-0.15, -0.1) is 11.3 Å². The van der Waals surface area contributed by atoms with Crippen LogP contribution in [0.2, 0.25) is 0 Å².